The summed E-state index contributed by atoms with van der Waals surface area (Å²) in [6, 6.07) is 12.7. The van der Waals surface area contributed by atoms with E-state index in [1.165, 1.54) is 18.2 Å². The number of benzene rings is 2. The van der Waals surface area contributed by atoms with Gasteiger partial charge >= 0.3 is 0 Å². The van der Waals surface area contributed by atoms with Crippen LogP contribution in [0.5, 0.6) is 5.75 Å². The Morgan fingerprint density at radius 1 is 1.25 bits per heavy atom. The number of nitrogens with one attached hydrogen (secondary N) is 1. The fourth-order valence-corrected chi connectivity index (χ4v) is 2.11. The molecule has 0 saturated carbocycles. The van der Waals surface area contributed by atoms with Gasteiger partial charge in [0.1, 0.15) is 5.75 Å². The standard InChI is InChI=1S/C17H14ClN3O3/c1-10(24-13-5-2-11(9-19)3-6-13)17(23)21-15-8-12(18)4-7-14(15)16(20)22/h2-8,10H,1H3,(H2,20,22)(H,21,23)/t10-/m1/s1. The molecule has 0 heterocycles. The van der Waals surface area contributed by atoms with Gasteiger partial charge in [0.25, 0.3) is 11.8 Å². The van der Waals surface area contributed by atoms with Gasteiger partial charge in [-0.2, -0.15) is 5.26 Å². The third kappa shape index (κ3) is 4.24. The van der Waals surface area contributed by atoms with Crippen LogP contribution in [0.1, 0.15) is 22.8 Å². The van der Waals surface area contributed by atoms with Crippen LogP contribution < -0.4 is 15.8 Å². The Labute approximate surface area is 143 Å². The Bertz CT molecular complexity index is 813. The van der Waals surface area contributed by atoms with E-state index in [1.54, 1.807) is 31.2 Å². The molecule has 0 spiro atoms. The summed E-state index contributed by atoms with van der Waals surface area (Å²) in [5.74, 6) is -0.704. The fraction of sp³-hybridized carbons (Fsp3) is 0.118. The minimum atomic E-state index is -0.836. The van der Waals surface area contributed by atoms with Gasteiger partial charge in [0.15, 0.2) is 6.10 Å². The van der Waals surface area contributed by atoms with Crippen molar-refractivity contribution in [2.75, 3.05) is 5.32 Å². The van der Waals surface area contributed by atoms with Crippen molar-refractivity contribution < 1.29 is 14.3 Å². The molecule has 1 atom stereocenters. The second-order valence-electron chi connectivity index (χ2n) is 4.94. The van der Waals surface area contributed by atoms with Crippen molar-refractivity contribution in [3.05, 3.63) is 58.6 Å². The van der Waals surface area contributed by atoms with Crippen molar-refractivity contribution in [1.29, 1.82) is 5.26 Å². The maximum absolute atomic E-state index is 12.2. The molecule has 7 heteroatoms. The number of nitriles is 1. The van der Waals surface area contributed by atoms with Crippen LogP contribution in [0.15, 0.2) is 42.5 Å². The van der Waals surface area contributed by atoms with Gasteiger partial charge in [-0.3, -0.25) is 9.59 Å². The zero-order valence-electron chi connectivity index (χ0n) is 12.7. The Kier molecular flexibility index (Phi) is 5.40. The molecule has 2 amide bonds. The average molecular weight is 344 g/mol. The zero-order valence-corrected chi connectivity index (χ0v) is 13.5. The largest absolute Gasteiger partial charge is 0.481 e. The highest BCUT2D eigenvalue weighted by Crippen LogP contribution is 2.21. The number of hydrogen-bond donors (Lipinski definition) is 2. The van der Waals surface area contributed by atoms with Crippen molar-refractivity contribution in [2.45, 2.75) is 13.0 Å². The van der Waals surface area contributed by atoms with E-state index in [4.69, 9.17) is 27.3 Å². The summed E-state index contributed by atoms with van der Waals surface area (Å²) >= 11 is 5.88. The van der Waals surface area contributed by atoms with Gasteiger partial charge < -0.3 is 15.8 Å². The molecule has 122 valence electrons. The molecule has 0 saturated heterocycles. The van der Waals surface area contributed by atoms with E-state index < -0.39 is 17.9 Å². The van der Waals surface area contributed by atoms with E-state index in [0.29, 0.717) is 16.3 Å². The SMILES string of the molecule is C[C@@H](Oc1ccc(C#N)cc1)C(=O)Nc1cc(Cl)ccc1C(N)=O. The molecule has 6 nitrogen and oxygen atoms in total. The predicted molar refractivity (Wildman–Crippen MR) is 89.8 cm³/mol. The van der Waals surface area contributed by atoms with E-state index in [1.807, 2.05) is 6.07 Å². The lowest BCUT2D eigenvalue weighted by molar-refractivity contribution is -0.122. The first-order valence-electron chi connectivity index (χ1n) is 6.97. The quantitative estimate of drug-likeness (QED) is 0.870. The van der Waals surface area contributed by atoms with E-state index in [-0.39, 0.29) is 11.3 Å². The summed E-state index contributed by atoms with van der Waals surface area (Å²) < 4.78 is 5.51. The lowest BCUT2D eigenvalue weighted by Crippen LogP contribution is -2.31. The highest BCUT2D eigenvalue weighted by Gasteiger charge is 2.18. The number of nitrogens with two attached hydrogens (primary N) is 1. The van der Waals surface area contributed by atoms with Crippen LogP contribution in [0.4, 0.5) is 5.69 Å². The summed E-state index contributed by atoms with van der Waals surface area (Å²) in [4.78, 5) is 23.6. The summed E-state index contributed by atoms with van der Waals surface area (Å²) in [5, 5.41) is 11.7. The lowest BCUT2D eigenvalue weighted by atomic mass is 10.1. The maximum Gasteiger partial charge on any atom is 0.265 e. The van der Waals surface area contributed by atoms with Gasteiger partial charge in [-0.25, -0.2) is 0 Å². The third-order valence-electron chi connectivity index (χ3n) is 3.17. The topological polar surface area (TPSA) is 105 Å². The molecule has 24 heavy (non-hydrogen) atoms. The molecule has 0 unspecified atom stereocenters. The molecule has 0 aliphatic heterocycles. The van der Waals surface area contributed by atoms with Gasteiger partial charge in [0, 0.05) is 5.02 Å². The Morgan fingerprint density at radius 3 is 2.50 bits per heavy atom. The molecule has 3 N–H and O–H groups in total. The van der Waals surface area contributed by atoms with E-state index >= 15 is 0 Å². The van der Waals surface area contributed by atoms with Crippen LogP contribution in [0.3, 0.4) is 0 Å². The molecule has 0 bridgehead atoms. The number of carbonyl (C=O) groups is 2. The minimum absolute atomic E-state index is 0.151. The number of amides is 2. The number of ether oxygens (including phenoxy) is 1. The first kappa shape index (κ1) is 17.3. The highest BCUT2D eigenvalue weighted by atomic mass is 35.5. The van der Waals surface area contributed by atoms with Crippen molar-refractivity contribution >= 4 is 29.1 Å². The van der Waals surface area contributed by atoms with Crippen LogP contribution >= 0.6 is 11.6 Å². The van der Waals surface area contributed by atoms with Crippen LogP contribution in [0, 0.1) is 11.3 Å². The molecular weight excluding hydrogens is 330 g/mol. The number of nitrogens with zero attached hydrogens (tertiary/aromatic N) is 1. The van der Waals surface area contributed by atoms with Crippen molar-refractivity contribution in [1.82, 2.24) is 0 Å². The molecule has 2 aromatic carbocycles. The monoisotopic (exact) mass is 343 g/mol. The molecule has 0 radical (unpaired) electrons. The number of rotatable bonds is 5. The Morgan fingerprint density at radius 2 is 1.92 bits per heavy atom. The average Bonchev–Trinajstić information content (AvgIpc) is 2.55. The normalized spacial score (nSPS) is 11.2. The summed E-state index contributed by atoms with van der Waals surface area (Å²) in [5.41, 5.74) is 6.14. The first-order chi connectivity index (χ1) is 11.4. The van der Waals surface area contributed by atoms with Crippen molar-refractivity contribution in [2.24, 2.45) is 5.73 Å². The molecular formula is C17H14ClN3O3. The van der Waals surface area contributed by atoms with Gasteiger partial charge in [-0.05, 0) is 49.4 Å². The minimum Gasteiger partial charge on any atom is -0.481 e. The predicted octanol–water partition coefficient (Wildman–Crippen LogP) is 2.72. The van der Waals surface area contributed by atoms with E-state index in [0.717, 1.165) is 0 Å². The maximum atomic E-state index is 12.2. The number of anilines is 1. The molecule has 0 aromatic heterocycles. The van der Waals surface area contributed by atoms with Gasteiger partial charge in [0.2, 0.25) is 0 Å². The van der Waals surface area contributed by atoms with Crippen molar-refractivity contribution in [3.63, 3.8) is 0 Å². The molecule has 0 aliphatic rings. The van der Waals surface area contributed by atoms with Gasteiger partial charge in [-0.15, -0.1) is 0 Å². The fourth-order valence-electron chi connectivity index (χ4n) is 1.93. The van der Waals surface area contributed by atoms with Crippen LogP contribution in [-0.2, 0) is 4.79 Å². The first-order valence-corrected chi connectivity index (χ1v) is 7.35. The number of carbonyl (C=O) groups excluding carboxylic acids is 2. The van der Waals surface area contributed by atoms with Gasteiger partial charge in [-0.1, -0.05) is 11.6 Å². The number of halogens is 1. The summed E-state index contributed by atoms with van der Waals surface area (Å²) in [6.07, 6.45) is -0.836. The summed E-state index contributed by atoms with van der Waals surface area (Å²) in [6.45, 7) is 1.56. The smallest absolute Gasteiger partial charge is 0.265 e. The molecule has 0 fully saturated rings. The molecule has 0 aliphatic carbocycles. The third-order valence-corrected chi connectivity index (χ3v) is 3.41. The van der Waals surface area contributed by atoms with E-state index in [9.17, 15) is 9.59 Å². The van der Waals surface area contributed by atoms with E-state index in [2.05, 4.69) is 5.32 Å². The van der Waals surface area contributed by atoms with Crippen LogP contribution in [0.2, 0.25) is 5.02 Å². The zero-order chi connectivity index (χ0) is 17.7. The second-order valence-corrected chi connectivity index (χ2v) is 5.38. The highest BCUT2D eigenvalue weighted by molar-refractivity contribution is 6.31. The Balaban J connectivity index is 2.10. The molecule has 2 rings (SSSR count). The second kappa shape index (κ2) is 7.49. The van der Waals surface area contributed by atoms with Crippen LogP contribution in [-0.4, -0.2) is 17.9 Å². The Hall–Kier alpha value is -3.04. The lowest BCUT2D eigenvalue weighted by Gasteiger charge is -2.16. The van der Waals surface area contributed by atoms with Gasteiger partial charge in [0.05, 0.1) is 22.9 Å². The van der Waals surface area contributed by atoms with Crippen LogP contribution in [0.25, 0.3) is 0 Å². The number of hydrogen-bond acceptors (Lipinski definition) is 4. The number of primary amides is 1. The summed E-state index contributed by atoms with van der Waals surface area (Å²) in [7, 11) is 0. The molecule has 2 aromatic rings. The van der Waals surface area contributed by atoms with Crippen molar-refractivity contribution in [3.8, 4) is 11.8 Å².